The molecule has 0 radical (unpaired) electrons. The van der Waals surface area contributed by atoms with E-state index in [2.05, 4.69) is 0 Å². The van der Waals surface area contributed by atoms with Crippen molar-refractivity contribution < 1.29 is 51.7 Å². The maximum Gasteiger partial charge on any atom is 0.217 e. The van der Waals surface area contributed by atoms with Crippen molar-refractivity contribution in [1.29, 1.82) is 0 Å². The molecule has 4 heteroatoms. The zero-order valence-electron chi connectivity index (χ0n) is 4.05. The first-order valence-electron chi connectivity index (χ1n) is 2.22. The van der Waals surface area contributed by atoms with Gasteiger partial charge >= 0.3 is 0 Å². The molecule has 0 aromatic carbocycles. The Morgan fingerprint density at radius 1 is 1.38 bits per heavy atom. The zero-order valence-corrected chi connectivity index (χ0v) is 7.28. The monoisotopic (exact) mass is 314 g/mol. The Morgan fingerprint density at radius 3 is 2.12 bits per heavy atom. The van der Waals surface area contributed by atoms with Gasteiger partial charge in [-0.15, -0.1) is 0 Å². The van der Waals surface area contributed by atoms with Gasteiger partial charge in [0.15, 0.2) is 0 Å². The number of halogens is 2. The van der Waals surface area contributed by atoms with Crippen molar-refractivity contribution in [1.82, 2.24) is 0 Å². The van der Waals surface area contributed by atoms with Crippen LogP contribution in [-0.2, 0) is 4.74 Å². The van der Waals surface area contributed by atoms with Crippen LogP contribution in [0.4, 0.5) is 0 Å². The maximum atomic E-state index is 5.51. The Kier molecular flexibility index (Phi) is 5.09. The first kappa shape index (κ1) is 10.1. The third-order valence-corrected chi connectivity index (χ3v) is 1.52. The smallest absolute Gasteiger partial charge is 0.217 e. The van der Waals surface area contributed by atoms with Crippen LogP contribution in [0.5, 0.6) is 0 Å². The van der Waals surface area contributed by atoms with Gasteiger partial charge in [0, 0.05) is 53.3 Å². The van der Waals surface area contributed by atoms with E-state index in [9.17, 15) is 0 Å². The normalized spacial score (nSPS) is 24.8. The molecule has 0 spiro atoms. The predicted molar refractivity (Wildman–Crippen MR) is 29.6 cm³/mol. The minimum absolute atomic E-state index is 0. The Labute approximate surface area is 97.3 Å². The molecule has 0 bridgehead atoms. The van der Waals surface area contributed by atoms with Gasteiger partial charge in [-0.3, -0.25) is 0 Å². The number of rotatable bonds is 0. The Morgan fingerprint density at radius 2 is 2.00 bits per heavy atom. The van der Waals surface area contributed by atoms with Crippen molar-refractivity contribution >= 4 is 23.2 Å². The second-order valence-electron chi connectivity index (χ2n) is 1.59. The van der Waals surface area contributed by atoms with E-state index >= 15 is 0 Å². The molecular formula is C4H6Cl2OYb. The summed E-state index contributed by atoms with van der Waals surface area (Å²) in [7, 11) is 0. The van der Waals surface area contributed by atoms with Crippen molar-refractivity contribution in [2.75, 3.05) is 6.61 Å². The second-order valence-corrected chi connectivity index (χ2v) is 3.00. The summed E-state index contributed by atoms with van der Waals surface area (Å²) in [5.41, 5.74) is 0. The number of alkyl halides is 2. The van der Waals surface area contributed by atoms with Gasteiger partial charge < -0.3 is 4.74 Å². The molecule has 1 rings (SSSR count). The molecule has 1 nitrogen and oxygen atoms in total. The summed E-state index contributed by atoms with van der Waals surface area (Å²) in [6, 6.07) is 0. The van der Waals surface area contributed by atoms with E-state index in [4.69, 9.17) is 27.9 Å². The van der Waals surface area contributed by atoms with E-state index in [1.54, 1.807) is 0 Å². The summed E-state index contributed by atoms with van der Waals surface area (Å²) in [5.74, 6) is 0. The quantitative estimate of drug-likeness (QED) is 0.621. The van der Waals surface area contributed by atoms with E-state index in [0.29, 0.717) is 6.61 Å². The zero-order chi connectivity index (χ0) is 5.33. The average molecular weight is 314 g/mol. The van der Waals surface area contributed by atoms with Crippen LogP contribution in [0.1, 0.15) is 12.8 Å². The van der Waals surface area contributed by atoms with Gasteiger partial charge in [0.25, 0.3) is 0 Å². The molecule has 0 unspecified atom stereocenters. The molecule has 0 saturated carbocycles. The van der Waals surface area contributed by atoms with E-state index in [0.717, 1.165) is 12.8 Å². The summed E-state index contributed by atoms with van der Waals surface area (Å²) in [6.07, 6.45) is 1.74. The van der Waals surface area contributed by atoms with Crippen LogP contribution >= 0.6 is 23.2 Å². The van der Waals surface area contributed by atoms with Crippen LogP contribution in [0.15, 0.2) is 0 Å². The van der Waals surface area contributed by atoms with Crippen molar-refractivity contribution in [2.45, 2.75) is 17.4 Å². The van der Waals surface area contributed by atoms with E-state index in [-0.39, 0.29) is 46.9 Å². The molecule has 1 aliphatic rings. The summed E-state index contributed by atoms with van der Waals surface area (Å²) in [5, 5.41) is 0. The molecule has 0 aromatic heterocycles. The first-order valence-corrected chi connectivity index (χ1v) is 2.98. The first-order chi connectivity index (χ1) is 3.21. The van der Waals surface area contributed by atoms with Crippen LogP contribution in [0.3, 0.4) is 0 Å². The summed E-state index contributed by atoms with van der Waals surface area (Å²) >= 11 is 11.0. The SMILES string of the molecule is ClC1(Cl)CCCO1.[Yb]. The minimum Gasteiger partial charge on any atom is -0.347 e. The Bertz CT molecular complexity index is 68.4. The van der Waals surface area contributed by atoms with Gasteiger partial charge in [0.05, 0.1) is 6.61 Å². The van der Waals surface area contributed by atoms with Gasteiger partial charge in [-0.2, -0.15) is 0 Å². The average Bonchev–Trinajstić information content (AvgIpc) is 1.84. The van der Waals surface area contributed by atoms with Crippen LogP contribution in [0, 0.1) is 46.9 Å². The number of hydrogen-bond donors (Lipinski definition) is 0. The molecule has 56 valence electrons. The third kappa shape index (κ3) is 3.28. The van der Waals surface area contributed by atoms with Crippen LogP contribution in [0.25, 0.3) is 0 Å². The minimum atomic E-state index is -0.861. The maximum absolute atomic E-state index is 5.51. The Hall–Kier alpha value is 2.06. The molecule has 1 fully saturated rings. The van der Waals surface area contributed by atoms with Gasteiger partial charge in [-0.1, -0.05) is 23.2 Å². The largest absolute Gasteiger partial charge is 0.347 e. The fraction of sp³-hybridized carbons (Fsp3) is 1.00. The molecule has 0 amide bonds. The molecule has 0 N–H and O–H groups in total. The van der Waals surface area contributed by atoms with Gasteiger partial charge in [-0.25, -0.2) is 0 Å². The molecule has 0 aromatic rings. The number of ether oxygens (including phenoxy) is 1. The molecule has 8 heavy (non-hydrogen) atoms. The van der Waals surface area contributed by atoms with Gasteiger partial charge in [-0.05, 0) is 6.42 Å². The van der Waals surface area contributed by atoms with Crippen molar-refractivity contribution in [2.24, 2.45) is 0 Å². The third-order valence-electron chi connectivity index (χ3n) is 0.925. The summed E-state index contributed by atoms with van der Waals surface area (Å²) in [6.45, 7) is 0.701. The fourth-order valence-electron chi connectivity index (χ4n) is 0.572. The van der Waals surface area contributed by atoms with Gasteiger partial charge in [0.1, 0.15) is 0 Å². The van der Waals surface area contributed by atoms with Crippen LogP contribution < -0.4 is 0 Å². The molecule has 1 heterocycles. The van der Waals surface area contributed by atoms with Crippen molar-refractivity contribution in [3.8, 4) is 0 Å². The Balaban J connectivity index is 0.000000490. The summed E-state index contributed by atoms with van der Waals surface area (Å²) < 4.78 is 4.01. The molecule has 1 saturated heterocycles. The van der Waals surface area contributed by atoms with Crippen LogP contribution in [-0.4, -0.2) is 11.1 Å². The van der Waals surface area contributed by atoms with E-state index in [1.807, 2.05) is 0 Å². The van der Waals surface area contributed by atoms with Crippen molar-refractivity contribution in [3.05, 3.63) is 0 Å². The molecule has 0 aliphatic carbocycles. The fourth-order valence-corrected chi connectivity index (χ4v) is 0.993. The number of hydrogen-bond acceptors (Lipinski definition) is 1. The molecular weight excluding hydrogens is 308 g/mol. The predicted octanol–water partition coefficient (Wildman–Crippen LogP) is 1.93. The molecule has 1 aliphatic heterocycles. The van der Waals surface area contributed by atoms with Crippen molar-refractivity contribution in [3.63, 3.8) is 0 Å². The molecule has 0 atom stereocenters. The van der Waals surface area contributed by atoms with Gasteiger partial charge in [0.2, 0.25) is 4.52 Å². The van der Waals surface area contributed by atoms with E-state index in [1.165, 1.54) is 0 Å². The van der Waals surface area contributed by atoms with E-state index < -0.39 is 4.52 Å². The summed E-state index contributed by atoms with van der Waals surface area (Å²) in [4.78, 5) is 0. The van der Waals surface area contributed by atoms with Crippen LogP contribution in [0.2, 0.25) is 0 Å². The standard InChI is InChI=1S/C4H6Cl2O.Yb/c5-4(6)2-1-3-7-4;/h1-3H2;. The second kappa shape index (κ2) is 4.05. The topological polar surface area (TPSA) is 9.23 Å².